The Kier molecular flexibility index (Phi) is 6.71. The fourth-order valence-corrected chi connectivity index (χ4v) is 3.98. The number of thioether (sulfide) groups is 1. The normalized spacial score (nSPS) is 11.1. The van der Waals surface area contributed by atoms with Gasteiger partial charge in [0.25, 0.3) is 0 Å². The first-order valence-electron chi connectivity index (χ1n) is 9.31. The molecular formula is C23H25N3OS. The highest BCUT2D eigenvalue weighted by atomic mass is 32.2. The molecule has 0 atom stereocenters. The summed E-state index contributed by atoms with van der Waals surface area (Å²) in [6.07, 6.45) is 2.15. The van der Waals surface area contributed by atoms with Crippen LogP contribution in [0, 0.1) is 20.8 Å². The van der Waals surface area contributed by atoms with Crippen LogP contribution in [-0.2, 0) is 4.79 Å². The smallest absolute Gasteiger partial charge is 0.240 e. The molecule has 2 aromatic carbocycles. The first kappa shape index (κ1) is 20.0. The second-order valence-electron chi connectivity index (χ2n) is 6.65. The van der Waals surface area contributed by atoms with Crippen molar-refractivity contribution in [2.75, 3.05) is 5.75 Å². The molecule has 0 saturated carbocycles. The molecule has 1 amide bonds. The molecule has 0 unspecified atom stereocenters. The van der Waals surface area contributed by atoms with Gasteiger partial charge in [0.15, 0.2) is 0 Å². The molecule has 0 aliphatic heterocycles. The Labute approximate surface area is 170 Å². The van der Waals surface area contributed by atoms with Gasteiger partial charge >= 0.3 is 0 Å². The van der Waals surface area contributed by atoms with Gasteiger partial charge in [0.05, 0.1) is 6.21 Å². The molecule has 0 bridgehead atoms. The van der Waals surface area contributed by atoms with Crippen molar-refractivity contribution >= 4 is 23.9 Å². The van der Waals surface area contributed by atoms with Gasteiger partial charge in [0.2, 0.25) is 5.91 Å². The predicted octanol–water partition coefficient (Wildman–Crippen LogP) is 5.04. The summed E-state index contributed by atoms with van der Waals surface area (Å²) in [5.41, 5.74) is 8.26. The van der Waals surface area contributed by atoms with Gasteiger partial charge in [-0.3, -0.25) is 4.79 Å². The Hall–Kier alpha value is -2.79. The van der Waals surface area contributed by atoms with E-state index in [4.69, 9.17) is 0 Å². The molecule has 0 radical (unpaired) electrons. The second-order valence-corrected chi connectivity index (χ2v) is 7.82. The van der Waals surface area contributed by atoms with E-state index in [9.17, 15) is 4.79 Å². The molecule has 0 aliphatic carbocycles. The third-order valence-electron chi connectivity index (χ3n) is 4.56. The molecule has 3 rings (SSSR count). The van der Waals surface area contributed by atoms with Crippen LogP contribution in [-0.4, -0.2) is 22.4 Å². The van der Waals surface area contributed by atoms with E-state index < -0.39 is 0 Å². The first-order valence-corrected chi connectivity index (χ1v) is 10.3. The van der Waals surface area contributed by atoms with Crippen molar-refractivity contribution in [2.45, 2.75) is 32.1 Å². The number of amides is 1. The minimum absolute atomic E-state index is 0.0765. The van der Waals surface area contributed by atoms with E-state index in [1.807, 2.05) is 42.5 Å². The number of aryl methyl sites for hydroxylation is 2. The van der Waals surface area contributed by atoms with Crippen molar-refractivity contribution in [1.29, 1.82) is 0 Å². The highest BCUT2D eigenvalue weighted by Gasteiger charge is 2.11. The molecule has 3 aromatic rings. The van der Waals surface area contributed by atoms with Gasteiger partial charge < -0.3 is 4.57 Å². The Morgan fingerprint density at radius 2 is 1.79 bits per heavy atom. The molecule has 0 spiro atoms. The summed E-state index contributed by atoms with van der Waals surface area (Å²) in [6.45, 7) is 6.25. The maximum atomic E-state index is 12.0. The molecule has 4 nitrogen and oxygen atoms in total. The Balaban J connectivity index is 1.58. The van der Waals surface area contributed by atoms with E-state index in [0.29, 0.717) is 6.42 Å². The number of benzene rings is 2. The first-order chi connectivity index (χ1) is 13.6. The van der Waals surface area contributed by atoms with Gasteiger partial charge in [-0.2, -0.15) is 5.10 Å². The quantitative estimate of drug-likeness (QED) is 0.349. The van der Waals surface area contributed by atoms with Crippen LogP contribution in [0.1, 0.15) is 28.9 Å². The third kappa shape index (κ3) is 4.93. The number of hydrazone groups is 1. The number of para-hydroxylation sites is 1. The largest absolute Gasteiger partial charge is 0.318 e. The summed E-state index contributed by atoms with van der Waals surface area (Å²) in [7, 11) is 0. The molecule has 1 N–H and O–H groups in total. The van der Waals surface area contributed by atoms with Gasteiger partial charge in [-0.25, -0.2) is 5.43 Å². The zero-order valence-corrected chi connectivity index (χ0v) is 17.3. The van der Waals surface area contributed by atoms with Gasteiger partial charge in [0, 0.05) is 39.7 Å². The van der Waals surface area contributed by atoms with Crippen molar-refractivity contribution in [1.82, 2.24) is 9.99 Å². The summed E-state index contributed by atoms with van der Waals surface area (Å²) in [5.74, 6) is 0.653. The van der Waals surface area contributed by atoms with E-state index in [0.717, 1.165) is 22.7 Å². The Morgan fingerprint density at radius 1 is 1.07 bits per heavy atom. The van der Waals surface area contributed by atoms with Crippen molar-refractivity contribution in [3.05, 3.63) is 83.2 Å². The van der Waals surface area contributed by atoms with E-state index in [1.165, 1.54) is 16.1 Å². The fourth-order valence-electron chi connectivity index (χ4n) is 3.11. The van der Waals surface area contributed by atoms with E-state index in [1.54, 1.807) is 18.0 Å². The lowest BCUT2D eigenvalue weighted by Gasteiger charge is -2.12. The van der Waals surface area contributed by atoms with Crippen molar-refractivity contribution < 1.29 is 4.79 Å². The maximum Gasteiger partial charge on any atom is 0.240 e. The van der Waals surface area contributed by atoms with Crippen molar-refractivity contribution in [2.24, 2.45) is 5.10 Å². The number of hydrogen-bond donors (Lipinski definition) is 1. The molecule has 0 fully saturated rings. The number of nitrogens with zero attached hydrogens (tertiary/aromatic N) is 2. The summed E-state index contributed by atoms with van der Waals surface area (Å²) >= 11 is 1.67. The number of rotatable bonds is 7. The number of aromatic nitrogens is 1. The van der Waals surface area contributed by atoms with E-state index in [2.05, 4.69) is 54.1 Å². The molecule has 5 heteroatoms. The molecule has 0 aliphatic rings. The van der Waals surface area contributed by atoms with Crippen LogP contribution in [0.15, 0.2) is 70.7 Å². The van der Waals surface area contributed by atoms with Crippen LogP contribution < -0.4 is 5.43 Å². The van der Waals surface area contributed by atoms with E-state index in [-0.39, 0.29) is 5.91 Å². The summed E-state index contributed by atoms with van der Waals surface area (Å²) in [5, 5.41) is 4.15. The molecule has 0 saturated heterocycles. The summed E-state index contributed by atoms with van der Waals surface area (Å²) in [4.78, 5) is 13.2. The van der Waals surface area contributed by atoms with Gasteiger partial charge in [-0.05, 0) is 50.6 Å². The third-order valence-corrected chi connectivity index (χ3v) is 5.57. The van der Waals surface area contributed by atoms with Crippen LogP contribution in [0.4, 0.5) is 0 Å². The second kappa shape index (κ2) is 9.42. The lowest BCUT2D eigenvalue weighted by Crippen LogP contribution is -2.17. The molecule has 1 aromatic heterocycles. The van der Waals surface area contributed by atoms with Gasteiger partial charge in [-0.1, -0.05) is 36.4 Å². The molecule has 1 heterocycles. The average molecular weight is 392 g/mol. The monoisotopic (exact) mass is 391 g/mol. The SMILES string of the molecule is Cc1ccccc1-n1c(C)cc(/C=N\NC(=O)CCSc2ccccc2)c1C. The highest BCUT2D eigenvalue weighted by molar-refractivity contribution is 7.99. The fraction of sp³-hybridized carbons (Fsp3) is 0.217. The molecule has 144 valence electrons. The number of hydrogen-bond acceptors (Lipinski definition) is 3. The minimum Gasteiger partial charge on any atom is -0.318 e. The topological polar surface area (TPSA) is 46.4 Å². The zero-order chi connectivity index (χ0) is 19.9. The lowest BCUT2D eigenvalue weighted by molar-refractivity contribution is -0.120. The molecular weight excluding hydrogens is 366 g/mol. The average Bonchev–Trinajstić information content (AvgIpc) is 2.97. The summed E-state index contributed by atoms with van der Waals surface area (Å²) in [6, 6.07) is 20.5. The Morgan fingerprint density at radius 3 is 2.54 bits per heavy atom. The van der Waals surface area contributed by atoms with E-state index >= 15 is 0 Å². The number of nitrogens with one attached hydrogen (secondary N) is 1. The minimum atomic E-state index is -0.0765. The highest BCUT2D eigenvalue weighted by Crippen LogP contribution is 2.22. The lowest BCUT2D eigenvalue weighted by atomic mass is 10.2. The van der Waals surface area contributed by atoms with Gasteiger partial charge in [0.1, 0.15) is 0 Å². The number of carbonyl (C=O) groups excluding carboxylic acids is 1. The van der Waals surface area contributed by atoms with Crippen LogP contribution >= 0.6 is 11.8 Å². The van der Waals surface area contributed by atoms with Crippen LogP contribution in [0.5, 0.6) is 0 Å². The number of carbonyl (C=O) groups is 1. The van der Waals surface area contributed by atoms with Crippen LogP contribution in [0.25, 0.3) is 5.69 Å². The van der Waals surface area contributed by atoms with Crippen LogP contribution in [0.3, 0.4) is 0 Å². The standard InChI is InChI=1S/C23H25N3OS/c1-17-9-7-8-12-22(17)26-18(2)15-20(19(26)3)16-24-25-23(27)13-14-28-21-10-5-4-6-11-21/h4-12,15-16H,13-14H2,1-3H3,(H,25,27)/b24-16-. The van der Waals surface area contributed by atoms with Crippen molar-refractivity contribution in [3.63, 3.8) is 0 Å². The molecule has 28 heavy (non-hydrogen) atoms. The van der Waals surface area contributed by atoms with Crippen molar-refractivity contribution in [3.8, 4) is 5.69 Å². The van der Waals surface area contributed by atoms with Crippen LogP contribution in [0.2, 0.25) is 0 Å². The summed E-state index contributed by atoms with van der Waals surface area (Å²) < 4.78 is 2.22. The van der Waals surface area contributed by atoms with Gasteiger partial charge in [-0.15, -0.1) is 11.8 Å². The maximum absolute atomic E-state index is 12.0. The Bertz CT molecular complexity index is 977. The predicted molar refractivity (Wildman–Crippen MR) is 117 cm³/mol. The zero-order valence-electron chi connectivity index (χ0n) is 16.5.